The number of hydrogen-bond acceptors (Lipinski definition) is 7. The van der Waals surface area contributed by atoms with Crippen molar-refractivity contribution < 1.29 is 60.5 Å². The van der Waals surface area contributed by atoms with Gasteiger partial charge in [-0.15, -0.1) is 0 Å². The van der Waals surface area contributed by atoms with E-state index in [9.17, 15) is 35.9 Å². The SMILES string of the molecule is CC(=O)N1CCC(C(=O)N(CCCN2CCC(Oc3cccnc3)CC2)c2cccc(Cl)c2)CC1.O=C(O)C(F)(F)F.O=C(O)C(F)(F)F. The number of alkyl halides is 6. The van der Waals surface area contributed by atoms with E-state index in [2.05, 4.69) is 9.88 Å². The predicted molar refractivity (Wildman–Crippen MR) is 165 cm³/mol. The molecular formula is C31H37ClF6N4O7. The van der Waals surface area contributed by atoms with E-state index >= 15 is 0 Å². The van der Waals surface area contributed by atoms with Crippen molar-refractivity contribution in [3.63, 3.8) is 0 Å². The van der Waals surface area contributed by atoms with Crippen LogP contribution in [0, 0.1) is 5.92 Å². The minimum atomic E-state index is -5.08. The molecular weight excluding hydrogens is 690 g/mol. The Bertz CT molecular complexity index is 1340. The van der Waals surface area contributed by atoms with Crippen LogP contribution in [-0.2, 0) is 19.2 Å². The Labute approximate surface area is 283 Å². The van der Waals surface area contributed by atoms with Crippen LogP contribution in [0.25, 0.3) is 0 Å². The first-order valence-electron chi connectivity index (χ1n) is 15.1. The minimum absolute atomic E-state index is 0.0649. The number of rotatable bonds is 8. The van der Waals surface area contributed by atoms with Crippen molar-refractivity contribution in [3.05, 3.63) is 53.8 Å². The van der Waals surface area contributed by atoms with E-state index in [0.29, 0.717) is 37.5 Å². The Hall–Kier alpha value is -4.12. The highest BCUT2D eigenvalue weighted by Crippen LogP contribution is 2.26. The molecule has 272 valence electrons. The molecule has 11 nitrogen and oxygen atoms in total. The zero-order chi connectivity index (χ0) is 36.8. The number of carboxylic acids is 2. The maximum atomic E-state index is 13.5. The molecule has 0 spiro atoms. The zero-order valence-corrected chi connectivity index (χ0v) is 27.2. The summed E-state index contributed by atoms with van der Waals surface area (Å²) in [7, 11) is 0. The predicted octanol–water partition coefficient (Wildman–Crippen LogP) is 5.53. The van der Waals surface area contributed by atoms with Gasteiger partial charge in [-0.25, -0.2) is 9.59 Å². The van der Waals surface area contributed by atoms with Crippen molar-refractivity contribution in [3.8, 4) is 5.75 Å². The minimum Gasteiger partial charge on any atom is -0.489 e. The van der Waals surface area contributed by atoms with Gasteiger partial charge in [-0.3, -0.25) is 14.6 Å². The quantitative estimate of drug-likeness (QED) is 0.336. The second-order valence-electron chi connectivity index (χ2n) is 11.1. The van der Waals surface area contributed by atoms with Gasteiger partial charge in [0.1, 0.15) is 11.9 Å². The Balaban J connectivity index is 0.000000500. The van der Waals surface area contributed by atoms with Crippen LogP contribution in [-0.4, -0.2) is 106 Å². The van der Waals surface area contributed by atoms with Crippen molar-refractivity contribution in [2.75, 3.05) is 44.2 Å². The normalized spacial score (nSPS) is 16.0. The number of hydrogen-bond donors (Lipinski definition) is 2. The molecule has 2 amide bonds. The van der Waals surface area contributed by atoms with Gasteiger partial charge >= 0.3 is 24.3 Å². The van der Waals surface area contributed by atoms with Gasteiger partial charge in [0.2, 0.25) is 11.8 Å². The number of nitrogens with zero attached hydrogens (tertiary/aromatic N) is 4. The van der Waals surface area contributed by atoms with Gasteiger partial charge in [0.05, 0.1) is 6.20 Å². The van der Waals surface area contributed by atoms with Gasteiger partial charge in [-0.2, -0.15) is 26.3 Å². The molecule has 0 atom stereocenters. The second-order valence-corrected chi connectivity index (χ2v) is 11.5. The second kappa shape index (κ2) is 19.2. The summed E-state index contributed by atoms with van der Waals surface area (Å²) in [5.74, 6) is -4.53. The molecule has 49 heavy (non-hydrogen) atoms. The number of halogens is 7. The number of anilines is 1. The molecule has 4 rings (SSSR count). The summed E-state index contributed by atoms with van der Waals surface area (Å²) in [6.45, 7) is 6.44. The van der Waals surface area contributed by atoms with Gasteiger partial charge in [0.25, 0.3) is 0 Å². The molecule has 18 heteroatoms. The van der Waals surface area contributed by atoms with Crippen molar-refractivity contribution in [2.45, 2.75) is 57.5 Å². The molecule has 0 bridgehead atoms. The summed E-state index contributed by atoms with van der Waals surface area (Å²) in [6.07, 6.45) is -2.15. The fraction of sp³-hybridized carbons (Fsp3) is 0.516. The largest absolute Gasteiger partial charge is 0.490 e. The van der Waals surface area contributed by atoms with Crippen molar-refractivity contribution >= 4 is 41.0 Å². The van der Waals surface area contributed by atoms with E-state index in [0.717, 1.165) is 50.3 Å². The van der Waals surface area contributed by atoms with Crippen LogP contribution in [0.3, 0.4) is 0 Å². The first kappa shape index (κ1) is 41.1. The third kappa shape index (κ3) is 14.9. The Kier molecular flexibility index (Phi) is 16.1. The smallest absolute Gasteiger partial charge is 0.489 e. The number of aromatic nitrogens is 1. The fourth-order valence-electron chi connectivity index (χ4n) is 4.98. The van der Waals surface area contributed by atoms with Crippen LogP contribution >= 0.6 is 11.6 Å². The summed E-state index contributed by atoms with van der Waals surface area (Å²) in [5.41, 5.74) is 0.847. The van der Waals surface area contributed by atoms with Gasteiger partial charge in [0, 0.05) is 62.5 Å². The molecule has 0 radical (unpaired) electrons. The van der Waals surface area contributed by atoms with Crippen LogP contribution in [0.15, 0.2) is 48.8 Å². The van der Waals surface area contributed by atoms with Gasteiger partial charge in [-0.05, 0) is 69.0 Å². The number of piperidine rings is 2. The first-order valence-corrected chi connectivity index (χ1v) is 15.5. The first-order chi connectivity index (χ1) is 22.9. The third-order valence-corrected chi connectivity index (χ3v) is 7.72. The Morgan fingerprint density at radius 1 is 0.918 bits per heavy atom. The van der Waals surface area contributed by atoms with Gasteiger partial charge < -0.3 is 29.6 Å². The summed E-state index contributed by atoms with van der Waals surface area (Å²) in [4.78, 5) is 53.3. The van der Waals surface area contributed by atoms with Crippen LogP contribution in [0.2, 0.25) is 5.02 Å². The molecule has 0 saturated carbocycles. The summed E-state index contributed by atoms with van der Waals surface area (Å²) >= 11 is 6.25. The lowest BCUT2D eigenvalue weighted by Crippen LogP contribution is -2.45. The number of pyridine rings is 1. The van der Waals surface area contributed by atoms with Crippen molar-refractivity contribution in [1.29, 1.82) is 0 Å². The molecule has 0 unspecified atom stereocenters. The average molecular weight is 727 g/mol. The number of likely N-dealkylation sites (tertiary alicyclic amines) is 2. The lowest BCUT2D eigenvalue weighted by molar-refractivity contribution is -0.193. The summed E-state index contributed by atoms with van der Waals surface area (Å²) in [5, 5.41) is 14.9. The molecule has 3 heterocycles. The summed E-state index contributed by atoms with van der Waals surface area (Å²) < 4.78 is 69.5. The number of benzene rings is 1. The Morgan fingerprint density at radius 2 is 1.49 bits per heavy atom. The molecule has 1 aromatic carbocycles. The molecule has 2 aromatic rings. The number of carboxylic acid groups (broad SMARTS) is 2. The van der Waals surface area contributed by atoms with Crippen LogP contribution in [0.1, 0.15) is 39.0 Å². The van der Waals surface area contributed by atoms with Crippen molar-refractivity contribution in [1.82, 2.24) is 14.8 Å². The lowest BCUT2D eigenvalue weighted by Gasteiger charge is -2.35. The number of ether oxygens (including phenoxy) is 1. The van der Waals surface area contributed by atoms with E-state index in [4.69, 9.17) is 36.1 Å². The lowest BCUT2D eigenvalue weighted by atomic mass is 9.94. The average Bonchev–Trinajstić information content (AvgIpc) is 3.04. The highest BCUT2D eigenvalue weighted by Gasteiger charge is 2.39. The Morgan fingerprint density at radius 3 is 1.96 bits per heavy atom. The van der Waals surface area contributed by atoms with Gasteiger partial charge in [-0.1, -0.05) is 17.7 Å². The van der Waals surface area contributed by atoms with E-state index in [-0.39, 0.29) is 23.8 Å². The number of amides is 2. The van der Waals surface area contributed by atoms with E-state index in [1.165, 1.54) is 0 Å². The van der Waals surface area contributed by atoms with Gasteiger partial charge in [0.15, 0.2) is 0 Å². The molecule has 2 aliphatic rings. The van der Waals surface area contributed by atoms with E-state index < -0.39 is 24.3 Å². The highest BCUT2D eigenvalue weighted by atomic mass is 35.5. The van der Waals surface area contributed by atoms with Crippen molar-refractivity contribution in [2.24, 2.45) is 5.92 Å². The topological polar surface area (TPSA) is 141 Å². The molecule has 2 saturated heterocycles. The fourth-order valence-corrected chi connectivity index (χ4v) is 5.17. The molecule has 1 aromatic heterocycles. The monoisotopic (exact) mass is 726 g/mol. The molecule has 2 aliphatic heterocycles. The van der Waals surface area contributed by atoms with Crippen LogP contribution < -0.4 is 9.64 Å². The van der Waals surface area contributed by atoms with E-state index in [1.54, 1.807) is 19.3 Å². The molecule has 2 N–H and O–H groups in total. The number of carbonyl (C=O) groups excluding carboxylic acids is 2. The maximum absolute atomic E-state index is 13.5. The number of carbonyl (C=O) groups is 4. The maximum Gasteiger partial charge on any atom is 0.490 e. The number of aliphatic carboxylic acids is 2. The molecule has 2 fully saturated rings. The highest BCUT2D eigenvalue weighted by molar-refractivity contribution is 6.30. The summed E-state index contributed by atoms with van der Waals surface area (Å²) in [6, 6.07) is 11.4. The standard InChI is InChI=1S/C27H35ClN4O3.2C2HF3O2/c1-21(33)31-17-8-22(9-18-31)27(34)32(24-6-2-5-23(28)19-24)14-4-13-30-15-10-25(11-16-30)35-26-7-3-12-29-20-26;2*3-2(4,5)1(6)7/h2-3,5-7,12,19-20,22,25H,4,8-11,13-18H2,1H3;2*(H,6,7). The third-order valence-electron chi connectivity index (χ3n) is 7.49. The van der Waals surface area contributed by atoms with Crippen LogP contribution in [0.4, 0.5) is 32.0 Å². The van der Waals surface area contributed by atoms with Crippen LogP contribution in [0.5, 0.6) is 5.75 Å². The van der Waals surface area contributed by atoms with E-state index in [1.807, 2.05) is 46.2 Å². The molecule has 0 aliphatic carbocycles. The zero-order valence-electron chi connectivity index (χ0n) is 26.4.